The first-order valence-corrected chi connectivity index (χ1v) is 12.9. The summed E-state index contributed by atoms with van der Waals surface area (Å²) in [6.45, 7) is 15.3. The van der Waals surface area contributed by atoms with Crippen molar-refractivity contribution in [3.63, 3.8) is 0 Å². The maximum atomic E-state index is 13.2. The van der Waals surface area contributed by atoms with E-state index in [1.54, 1.807) is 53.0 Å². The molecule has 4 heterocycles. The van der Waals surface area contributed by atoms with Crippen LogP contribution in [0.15, 0.2) is 12.7 Å². The van der Waals surface area contributed by atoms with Crippen molar-refractivity contribution < 1.29 is 38.1 Å². The molecule has 5 atom stereocenters. The van der Waals surface area contributed by atoms with Gasteiger partial charge in [-0.1, -0.05) is 0 Å². The van der Waals surface area contributed by atoms with E-state index >= 15 is 0 Å². The van der Waals surface area contributed by atoms with Crippen LogP contribution in [0.3, 0.4) is 0 Å². The summed E-state index contributed by atoms with van der Waals surface area (Å²) in [5.74, 6) is -1.27. The van der Waals surface area contributed by atoms with Gasteiger partial charge in [-0.25, -0.2) is 24.5 Å². The number of nitrogens with zero attached hydrogens (tertiary/aromatic N) is 5. The molecule has 2 amide bonds. The number of imidazole rings is 1. The Balaban J connectivity index is 1.56. The van der Waals surface area contributed by atoms with Crippen LogP contribution < -0.4 is 4.90 Å². The molecule has 2 aromatic heterocycles. The summed E-state index contributed by atoms with van der Waals surface area (Å²) in [5, 5.41) is 0. The maximum absolute atomic E-state index is 13.2. The molecule has 13 nitrogen and oxygen atoms in total. The highest BCUT2D eigenvalue weighted by Crippen LogP contribution is 2.62. The molecule has 39 heavy (non-hydrogen) atoms. The second-order valence-electron chi connectivity index (χ2n) is 12.7. The lowest BCUT2D eigenvalue weighted by atomic mass is 10.1. The summed E-state index contributed by atoms with van der Waals surface area (Å²) >= 11 is 0. The van der Waals surface area contributed by atoms with Crippen molar-refractivity contribution in [3.8, 4) is 0 Å². The fourth-order valence-corrected chi connectivity index (χ4v) is 5.19. The zero-order chi connectivity index (χ0) is 28.7. The number of imide groups is 1. The number of rotatable bonds is 3. The van der Waals surface area contributed by atoms with Gasteiger partial charge < -0.3 is 23.7 Å². The Bertz CT molecular complexity index is 1310. The van der Waals surface area contributed by atoms with Crippen molar-refractivity contribution in [2.45, 2.75) is 110 Å². The third kappa shape index (κ3) is 4.87. The minimum Gasteiger partial charge on any atom is -0.443 e. The van der Waals surface area contributed by atoms with Gasteiger partial charge in [0, 0.05) is 0 Å². The molecule has 2 aromatic rings. The number of hydrogen-bond acceptors (Lipinski definition) is 11. The summed E-state index contributed by atoms with van der Waals surface area (Å²) in [6.07, 6.45) is -0.476. The number of aromatic nitrogens is 4. The lowest BCUT2D eigenvalue weighted by Gasteiger charge is -2.28. The molecule has 3 fully saturated rings. The Morgan fingerprint density at radius 3 is 2.13 bits per heavy atom. The Kier molecular flexibility index (Phi) is 6.09. The molecule has 212 valence electrons. The number of amides is 2. The number of carbonyl (C=O) groups is 3. The molecule has 0 aromatic carbocycles. The zero-order valence-corrected chi connectivity index (χ0v) is 23.7. The van der Waals surface area contributed by atoms with Crippen LogP contribution >= 0.6 is 0 Å². The van der Waals surface area contributed by atoms with Crippen LogP contribution in [0, 0.1) is 5.92 Å². The van der Waals surface area contributed by atoms with Gasteiger partial charge in [0.1, 0.15) is 41.1 Å². The molecular weight excluding hydrogens is 510 g/mol. The van der Waals surface area contributed by atoms with E-state index < -0.39 is 53.2 Å². The molecule has 0 bridgehead atoms. The number of Topliss-reactive ketones (excluding diaryl/α,β-unsaturated/α-hetero) is 1. The number of ether oxygens (including phenoxy) is 5. The summed E-state index contributed by atoms with van der Waals surface area (Å²) in [5.41, 5.74) is -2.17. The molecule has 1 spiro atoms. The van der Waals surface area contributed by atoms with E-state index in [1.165, 1.54) is 12.7 Å². The molecule has 2 unspecified atom stereocenters. The Morgan fingerprint density at radius 1 is 0.974 bits per heavy atom. The van der Waals surface area contributed by atoms with Crippen molar-refractivity contribution in [2.24, 2.45) is 5.92 Å². The third-order valence-electron chi connectivity index (χ3n) is 6.65. The van der Waals surface area contributed by atoms with Crippen LogP contribution in [0.4, 0.5) is 15.4 Å². The van der Waals surface area contributed by atoms with Crippen LogP contribution in [-0.2, 0) is 28.5 Å². The van der Waals surface area contributed by atoms with E-state index in [1.807, 2.05) is 13.8 Å². The van der Waals surface area contributed by atoms with E-state index in [9.17, 15) is 14.4 Å². The van der Waals surface area contributed by atoms with Crippen molar-refractivity contribution in [1.82, 2.24) is 19.5 Å². The summed E-state index contributed by atoms with van der Waals surface area (Å²) in [7, 11) is 0. The fourth-order valence-electron chi connectivity index (χ4n) is 5.19. The Morgan fingerprint density at radius 2 is 1.59 bits per heavy atom. The normalized spacial score (nSPS) is 29.4. The minimum absolute atomic E-state index is 0.0215. The van der Waals surface area contributed by atoms with Gasteiger partial charge in [-0.2, -0.15) is 4.90 Å². The fraction of sp³-hybridized carbons (Fsp3) is 0.692. The van der Waals surface area contributed by atoms with Gasteiger partial charge in [0.2, 0.25) is 0 Å². The van der Waals surface area contributed by atoms with Gasteiger partial charge in [-0.05, 0) is 68.7 Å². The summed E-state index contributed by atoms with van der Waals surface area (Å²) in [6, 6.07) is 0. The lowest BCUT2D eigenvalue weighted by Crippen LogP contribution is -2.44. The first kappa shape index (κ1) is 27.4. The molecule has 0 radical (unpaired) electrons. The molecule has 2 saturated heterocycles. The molecule has 13 heteroatoms. The largest absolute Gasteiger partial charge is 0.443 e. The van der Waals surface area contributed by atoms with Gasteiger partial charge in [0.05, 0.1) is 12.2 Å². The van der Waals surface area contributed by atoms with E-state index in [0.717, 1.165) is 0 Å². The Hall–Kier alpha value is -3.16. The smallest absolute Gasteiger partial charge is 0.425 e. The van der Waals surface area contributed by atoms with Gasteiger partial charge in [-0.15, -0.1) is 0 Å². The number of hydrogen-bond donors (Lipinski definition) is 0. The molecule has 3 aliphatic rings. The second-order valence-corrected chi connectivity index (χ2v) is 12.7. The van der Waals surface area contributed by atoms with Gasteiger partial charge >= 0.3 is 12.2 Å². The van der Waals surface area contributed by atoms with Gasteiger partial charge in [0.25, 0.3) is 0 Å². The van der Waals surface area contributed by atoms with Crippen LogP contribution in [0.25, 0.3) is 11.2 Å². The topological polar surface area (TPSA) is 144 Å². The highest BCUT2D eigenvalue weighted by atomic mass is 16.8. The predicted octanol–water partition coefficient (Wildman–Crippen LogP) is 3.90. The van der Waals surface area contributed by atoms with E-state index in [0.29, 0.717) is 11.3 Å². The van der Waals surface area contributed by atoms with Crippen LogP contribution in [0.2, 0.25) is 0 Å². The zero-order valence-electron chi connectivity index (χ0n) is 23.7. The highest BCUT2D eigenvalue weighted by Gasteiger charge is 2.75. The van der Waals surface area contributed by atoms with E-state index in [4.69, 9.17) is 23.7 Å². The van der Waals surface area contributed by atoms with Crippen LogP contribution in [-0.4, -0.2) is 72.3 Å². The standard InChI is InChI=1S/C26H35N5O8/c1-13(32)14-10-26(14)17-16(35-25(8,9)36-17)20(37-26)30-12-29-15-18(30)27-11-28-19(15)31(21(33)38-23(2,3)4)22(34)39-24(5,6)7/h11-12,14,16-17,20H,10H2,1-9H3/t14?,16-,17+,20-,26?/m1/s1. The van der Waals surface area contributed by atoms with Gasteiger partial charge in [0.15, 0.2) is 29.0 Å². The van der Waals surface area contributed by atoms with E-state index in [-0.39, 0.29) is 28.7 Å². The lowest BCUT2D eigenvalue weighted by molar-refractivity contribution is -0.203. The van der Waals surface area contributed by atoms with Crippen LogP contribution in [0.1, 0.15) is 75.0 Å². The SMILES string of the molecule is CC(=O)C1CC12O[C@@H](n1cnc3c(N(C(=O)OC(C)(C)C)C(=O)OC(C)(C)C)ncnc31)[C@@H]1OC(C)(C)O[C@@H]12. The molecule has 2 aliphatic heterocycles. The average molecular weight is 546 g/mol. The van der Waals surface area contributed by atoms with Crippen molar-refractivity contribution in [2.75, 3.05) is 4.90 Å². The van der Waals surface area contributed by atoms with E-state index in [2.05, 4.69) is 15.0 Å². The number of ketones is 1. The average Bonchev–Trinajstić information content (AvgIpc) is 3.02. The van der Waals surface area contributed by atoms with Crippen molar-refractivity contribution in [3.05, 3.63) is 12.7 Å². The molecule has 1 saturated carbocycles. The number of anilines is 1. The molecule has 5 rings (SSSR count). The quantitative estimate of drug-likeness (QED) is 0.554. The van der Waals surface area contributed by atoms with Crippen molar-refractivity contribution in [1.29, 1.82) is 0 Å². The first-order chi connectivity index (χ1) is 17.9. The highest BCUT2D eigenvalue weighted by molar-refractivity contribution is 6.12. The number of carbonyl (C=O) groups excluding carboxylic acids is 3. The van der Waals surface area contributed by atoms with Crippen LogP contribution in [0.5, 0.6) is 0 Å². The summed E-state index contributed by atoms with van der Waals surface area (Å²) in [4.78, 5) is 52.5. The first-order valence-electron chi connectivity index (χ1n) is 12.9. The predicted molar refractivity (Wildman–Crippen MR) is 136 cm³/mol. The summed E-state index contributed by atoms with van der Waals surface area (Å²) < 4.78 is 31.5. The molecular formula is C26H35N5O8. The number of fused-ring (bicyclic) bond motifs is 3. The maximum Gasteiger partial charge on any atom is 0.425 e. The minimum atomic E-state index is -0.973. The monoisotopic (exact) mass is 545 g/mol. The Labute approximate surface area is 226 Å². The van der Waals surface area contributed by atoms with Gasteiger partial charge in [-0.3, -0.25) is 9.36 Å². The third-order valence-corrected chi connectivity index (χ3v) is 6.65. The van der Waals surface area contributed by atoms with Crippen molar-refractivity contribution >= 4 is 35.0 Å². The second kappa shape index (κ2) is 8.67. The molecule has 0 N–H and O–H groups in total. The molecule has 1 aliphatic carbocycles.